The molecule has 0 saturated carbocycles. The van der Waals surface area contributed by atoms with Gasteiger partial charge in [0.25, 0.3) is 0 Å². The number of rotatable bonds is 5. The SMILES string of the molecule is CCNC(=NCc1cc(-c2ccccc2)on1)N1CCOC(c2cnn(C)c2)C1. The molecule has 1 aliphatic rings. The van der Waals surface area contributed by atoms with Crippen LogP contribution in [0.25, 0.3) is 11.3 Å². The van der Waals surface area contributed by atoms with Crippen molar-refractivity contribution >= 4 is 5.96 Å². The van der Waals surface area contributed by atoms with Gasteiger partial charge in [0.2, 0.25) is 0 Å². The highest BCUT2D eigenvalue weighted by Crippen LogP contribution is 2.22. The van der Waals surface area contributed by atoms with Crippen molar-refractivity contribution in [2.75, 3.05) is 26.2 Å². The average molecular weight is 394 g/mol. The molecule has 1 saturated heterocycles. The zero-order chi connectivity index (χ0) is 20.1. The highest BCUT2D eigenvalue weighted by atomic mass is 16.5. The van der Waals surface area contributed by atoms with E-state index in [-0.39, 0.29) is 6.10 Å². The summed E-state index contributed by atoms with van der Waals surface area (Å²) in [5.74, 6) is 1.61. The van der Waals surface area contributed by atoms with Crippen molar-refractivity contribution in [3.05, 3.63) is 60.0 Å². The smallest absolute Gasteiger partial charge is 0.194 e. The molecule has 1 fully saturated rings. The Labute approximate surface area is 170 Å². The monoisotopic (exact) mass is 394 g/mol. The van der Waals surface area contributed by atoms with Gasteiger partial charge < -0.3 is 19.5 Å². The predicted octanol–water partition coefficient (Wildman–Crippen LogP) is 2.61. The van der Waals surface area contributed by atoms with E-state index in [0.717, 1.165) is 48.2 Å². The zero-order valence-corrected chi connectivity index (χ0v) is 16.8. The van der Waals surface area contributed by atoms with Crippen LogP contribution in [0, 0.1) is 0 Å². The van der Waals surface area contributed by atoms with Crippen LogP contribution in [0.5, 0.6) is 0 Å². The van der Waals surface area contributed by atoms with Gasteiger partial charge in [-0.2, -0.15) is 5.10 Å². The van der Waals surface area contributed by atoms with Crippen LogP contribution in [-0.4, -0.2) is 52.0 Å². The van der Waals surface area contributed by atoms with Crippen LogP contribution in [0.3, 0.4) is 0 Å². The molecule has 29 heavy (non-hydrogen) atoms. The maximum Gasteiger partial charge on any atom is 0.194 e. The number of nitrogens with zero attached hydrogens (tertiary/aromatic N) is 5. The molecular formula is C21H26N6O2. The van der Waals surface area contributed by atoms with E-state index in [2.05, 4.69) is 27.4 Å². The molecule has 0 spiro atoms. The molecule has 1 aromatic carbocycles. The number of nitrogens with one attached hydrogen (secondary N) is 1. The van der Waals surface area contributed by atoms with Gasteiger partial charge in [0.05, 0.1) is 25.9 Å². The highest BCUT2D eigenvalue weighted by molar-refractivity contribution is 5.80. The normalized spacial score (nSPS) is 17.5. The number of hydrogen-bond donors (Lipinski definition) is 1. The van der Waals surface area contributed by atoms with Gasteiger partial charge in [-0.15, -0.1) is 0 Å². The Hall–Kier alpha value is -3.13. The van der Waals surface area contributed by atoms with Crippen LogP contribution in [-0.2, 0) is 18.3 Å². The van der Waals surface area contributed by atoms with Crippen LogP contribution >= 0.6 is 0 Å². The largest absolute Gasteiger partial charge is 0.370 e. The number of hydrogen-bond acceptors (Lipinski definition) is 5. The van der Waals surface area contributed by atoms with Crippen LogP contribution in [0.2, 0.25) is 0 Å². The number of benzene rings is 1. The molecule has 3 heterocycles. The second-order valence-corrected chi connectivity index (χ2v) is 6.97. The van der Waals surface area contributed by atoms with E-state index in [1.807, 2.05) is 55.8 Å². The molecule has 1 atom stereocenters. The van der Waals surface area contributed by atoms with Gasteiger partial charge in [-0.3, -0.25) is 4.68 Å². The molecule has 152 valence electrons. The van der Waals surface area contributed by atoms with E-state index in [0.29, 0.717) is 13.2 Å². The molecular weight excluding hydrogens is 368 g/mol. The first-order valence-corrected chi connectivity index (χ1v) is 9.87. The summed E-state index contributed by atoms with van der Waals surface area (Å²) in [5.41, 5.74) is 2.89. The number of guanidine groups is 1. The van der Waals surface area contributed by atoms with Crippen LogP contribution in [0.15, 0.2) is 58.3 Å². The molecule has 2 aromatic heterocycles. The number of ether oxygens (including phenoxy) is 1. The topological polar surface area (TPSA) is 80.7 Å². The van der Waals surface area contributed by atoms with Gasteiger partial charge in [-0.1, -0.05) is 35.5 Å². The van der Waals surface area contributed by atoms with Crippen molar-refractivity contribution < 1.29 is 9.26 Å². The molecule has 8 heteroatoms. The van der Waals surface area contributed by atoms with Crippen molar-refractivity contribution in [1.29, 1.82) is 0 Å². The van der Waals surface area contributed by atoms with Crippen molar-refractivity contribution in [3.8, 4) is 11.3 Å². The molecule has 3 aromatic rings. The minimum Gasteiger partial charge on any atom is -0.370 e. The quantitative estimate of drug-likeness (QED) is 0.529. The second kappa shape index (κ2) is 8.91. The Kier molecular flexibility index (Phi) is 5.90. The average Bonchev–Trinajstić information content (AvgIpc) is 3.41. The van der Waals surface area contributed by atoms with Gasteiger partial charge >= 0.3 is 0 Å². The van der Waals surface area contributed by atoms with E-state index in [1.165, 1.54) is 0 Å². The number of aryl methyl sites for hydroxylation is 1. The second-order valence-electron chi connectivity index (χ2n) is 6.97. The summed E-state index contributed by atoms with van der Waals surface area (Å²) in [7, 11) is 1.91. The highest BCUT2D eigenvalue weighted by Gasteiger charge is 2.25. The lowest BCUT2D eigenvalue weighted by atomic mass is 10.1. The van der Waals surface area contributed by atoms with Crippen molar-refractivity contribution in [3.63, 3.8) is 0 Å². The van der Waals surface area contributed by atoms with Gasteiger partial charge in [-0.05, 0) is 6.92 Å². The fourth-order valence-electron chi connectivity index (χ4n) is 3.36. The molecule has 4 rings (SSSR count). The van der Waals surface area contributed by atoms with E-state index in [9.17, 15) is 0 Å². The summed E-state index contributed by atoms with van der Waals surface area (Å²) in [6, 6.07) is 11.9. The first-order valence-electron chi connectivity index (χ1n) is 9.87. The summed E-state index contributed by atoms with van der Waals surface area (Å²) in [4.78, 5) is 7.01. The third kappa shape index (κ3) is 4.65. The fourth-order valence-corrected chi connectivity index (χ4v) is 3.36. The molecule has 1 aliphatic heterocycles. The number of aromatic nitrogens is 3. The van der Waals surface area contributed by atoms with E-state index < -0.39 is 0 Å². The summed E-state index contributed by atoms with van der Waals surface area (Å²) < 4.78 is 13.2. The van der Waals surface area contributed by atoms with Gasteiger partial charge in [0, 0.05) is 43.5 Å². The Morgan fingerprint density at radius 2 is 2.17 bits per heavy atom. The van der Waals surface area contributed by atoms with Crippen molar-refractivity contribution in [2.24, 2.45) is 12.0 Å². The number of aliphatic imine (C=N–C) groups is 1. The maximum atomic E-state index is 5.95. The Balaban J connectivity index is 1.45. The summed E-state index contributed by atoms with van der Waals surface area (Å²) in [6.45, 7) is 5.47. The zero-order valence-electron chi connectivity index (χ0n) is 16.8. The number of morpholine rings is 1. The first kappa shape index (κ1) is 19.2. The predicted molar refractivity (Wildman–Crippen MR) is 110 cm³/mol. The van der Waals surface area contributed by atoms with Crippen molar-refractivity contribution in [2.45, 2.75) is 19.6 Å². The van der Waals surface area contributed by atoms with E-state index in [1.54, 1.807) is 4.68 Å². The lowest BCUT2D eigenvalue weighted by Crippen LogP contribution is -2.48. The maximum absolute atomic E-state index is 5.95. The molecule has 0 amide bonds. The van der Waals surface area contributed by atoms with Crippen LogP contribution in [0.1, 0.15) is 24.3 Å². The minimum atomic E-state index is -0.0157. The lowest BCUT2D eigenvalue weighted by Gasteiger charge is -2.34. The Morgan fingerprint density at radius 1 is 1.31 bits per heavy atom. The van der Waals surface area contributed by atoms with Crippen LogP contribution < -0.4 is 5.32 Å². The molecule has 0 bridgehead atoms. The van der Waals surface area contributed by atoms with Gasteiger partial charge in [-0.25, -0.2) is 4.99 Å². The molecule has 1 unspecified atom stereocenters. The summed E-state index contributed by atoms with van der Waals surface area (Å²) in [5, 5.41) is 11.8. The van der Waals surface area contributed by atoms with Crippen LogP contribution in [0.4, 0.5) is 0 Å². The molecule has 1 N–H and O–H groups in total. The third-order valence-electron chi connectivity index (χ3n) is 4.81. The Bertz CT molecular complexity index is 949. The molecule has 0 radical (unpaired) electrons. The Morgan fingerprint density at radius 3 is 2.93 bits per heavy atom. The summed E-state index contributed by atoms with van der Waals surface area (Å²) >= 11 is 0. The molecule has 8 nitrogen and oxygen atoms in total. The van der Waals surface area contributed by atoms with Gasteiger partial charge in [0.1, 0.15) is 11.8 Å². The van der Waals surface area contributed by atoms with Gasteiger partial charge in [0.15, 0.2) is 11.7 Å². The standard InChI is InChI=1S/C21H26N6O2/c1-3-22-21(27-9-10-28-20(15-27)17-12-24-26(2)14-17)23-13-18-11-19(29-25-18)16-7-5-4-6-8-16/h4-8,11-12,14,20H,3,9-10,13,15H2,1-2H3,(H,22,23). The van der Waals surface area contributed by atoms with E-state index >= 15 is 0 Å². The molecule has 0 aliphatic carbocycles. The van der Waals surface area contributed by atoms with E-state index in [4.69, 9.17) is 14.3 Å². The third-order valence-corrected chi connectivity index (χ3v) is 4.81. The minimum absolute atomic E-state index is 0.0157. The first-order chi connectivity index (χ1) is 14.2. The van der Waals surface area contributed by atoms with Crippen molar-refractivity contribution in [1.82, 2.24) is 25.2 Å². The summed E-state index contributed by atoms with van der Waals surface area (Å²) in [6.07, 6.45) is 3.84. The lowest BCUT2D eigenvalue weighted by molar-refractivity contribution is -0.00805. The fraction of sp³-hybridized carbons (Fsp3) is 0.381.